The average molecular weight is 535 g/mol. The number of aromatic nitrogens is 1. The van der Waals surface area contributed by atoms with Crippen molar-refractivity contribution < 1.29 is 13.6 Å². The van der Waals surface area contributed by atoms with E-state index in [2.05, 4.69) is 15.6 Å². The molecule has 0 unspecified atom stereocenters. The number of hydrogen-bond donors (Lipinski definition) is 2. The van der Waals surface area contributed by atoms with Crippen LogP contribution in [0.3, 0.4) is 0 Å². The number of thiocarbonyl (C=S) groups is 1. The summed E-state index contributed by atoms with van der Waals surface area (Å²) in [5, 5.41) is 7.12. The first-order valence-corrected chi connectivity index (χ1v) is 12.6. The van der Waals surface area contributed by atoms with Crippen LogP contribution in [0.5, 0.6) is 0 Å². The Balaban J connectivity index is 1.42. The predicted octanol–water partition coefficient (Wildman–Crippen LogP) is 6.44. The molecule has 2 aromatic heterocycles. The summed E-state index contributed by atoms with van der Waals surface area (Å²) in [6.45, 7) is 2.25. The maximum Gasteiger partial charge on any atom is 0.226 e. The van der Waals surface area contributed by atoms with E-state index in [1.165, 1.54) is 12.1 Å². The summed E-state index contributed by atoms with van der Waals surface area (Å²) in [6.07, 6.45) is 1.83. The molecule has 3 heterocycles. The van der Waals surface area contributed by atoms with Gasteiger partial charge in [-0.15, -0.1) is 0 Å². The number of anilines is 1. The van der Waals surface area contributed by atoms with Gasteiger partial charge in [-0.2, -0.15) is 0 Å². The summed E-state index contributed by atoms with van der Waals surface area (Å²) in [7, 11) is 0. The van der Waals surface area contributed by atoms with Crippen molar-refractivity contribution in [2.24, 2.45) is 0 Å². The molecule has 0 saturated carbocycles. The summed E-state index contributed by atoms with van der Waals surface area (Å²) in [6, 6.07) is 20.6. The van der Waals surface area contributed by atoms with Gasteiger partial charge in [-0.05, 0) is 67.2 Å². The predicted molar refractivity (Wildman–Crippen MR) is 146 cm³/mol. The van der Waals surface area contributed by atoms with Gasteiger partial charge in [0, 0.05) is 29.7 Å². The second kappa shape index (κ2) is 10.7. The first kappa shape index (κ1) is 24.9. The van der Waals surface area contributed by atoms with Gasteiger partial charge < -0.3 is 20.0 Å². The molecule has 0 aliphatic carbocycles. The number of para-hydroxylation sites is 1. The molecule has 1 aliphatic rings. The van der Waals surface area contributed by atoms with Crippen LogP contribution < -0.4 is 10.6 Å². The van der Waals surface area contributed by atoms with Crippen LogP contribution in [0, 0.1) is 12.7 Å². The van der Waals surface area contributed by atoms with Gasteiger partial charge in [0.2, 0.25) is 5.91 Å². The Kier molecular flexibility index (Phi) is 7.21. The molecule has 1 saturated heterocycles. The molecule has 37 heavy (non-hydrogen) atoms. The molecule has 2 atom stereocenters. The lowest BCUT2D eigenvalue weighted by atomic mass is 10.0. The molecule has 6 nitrogen and oxygen atoms in total. The van der Waals surface area contributed by atoms with Crippen LogP contribution in [-0.2, 0) is 4.79 Å². The minimum Gasteiger partial charge on any atom is -0.459 e. The van der Waals surface area contributed by atoms with Crippen molar-refractivity contribution in [1.29, 1.82) is 0 Å². The first-order chi connectivity index (χ1) is 17.9. The van der Waals surface area contributed by atoms with E-state index in [4.69, 9.17) is 28.2 Å². The second-order valence-corrected chi connectivity index (χ2v) is 9.51. The molecule has 1 fully saturated rings. The first-order valence-electron chi connectivity index (χ1n) is 11.8. The zero-order chi connectivity index (χ0) is 25.9. The molecule has 1 amide bonds. The highest BCUT2D eigenvalue weighted by Gasteiger charge is 2.41. The van der Waals surface area contributed by atoms with E-state index < -0.39 is 5.82 Å². The highest BCUT2D eigenvalue weighted by Crippen LogP contribution is 2.41. The number of carbonyl (C=O) groups is 1. The van der Waals surface area contributed by atoms with Gasteiger partial charge in [0.25, 0.3) is 0 Å². The maximum absolute atomic E-state index is 14.0. The van der Waals surface area contributed by atoms with E-state index in [9.17, 15) is 9.18 Å². The number of furan rings is 1. The van der Waals surface area contributed by atoms with E-state index in [0.717, 1.165) is 16.8 Å². The highest BCUT2D eigenvalue weighted by atomic mass is 35.5. The molecule has 9 heteroatoms. The third kappa shape index (κ3) is 5.21. The van der Waals surface area contributed by atoms with Crippen molar-refractivity contribution in [3.8, 4) is 11.3 Å². The Morgan fingerprint density at radius 3 is 2.73 bits per heavy atom. The highest BCUT2D eigenvalue weighted by molar-refractivity contribution is 7.80. The Morgan fingerprint density at radius 1 is 1.14 bits per heavy atom. The molecule has 5 rings (SSSR count). The number of halogens is 2. The third-order valence-corrected chi connectivity index (χ3v) is 7.14. The van der Waals surface area contributed by atoms with Crippen molar-refractivity contribution in [3.05, 3.63) is 107 Å². The summed E-state index contributed by atoms with van der Waals surface area (Å²) in [5.41, 5.74) is 2.76. The summed E-state index contributed by atoms with van der Waals surface area (Å²) in [4.78, 5) is 19.1. The van der Waals surface area contributed by atoms with Gasteiger partial charge in [-0.25, -0.2) is 4.39 Å². The lowest BCUT2D eigenvalue weighted by Crippen LogP contribution is -2.32. The van der Waals surface area contributed by atoms with E-state index in [1.54, 1.807) is 18.3 Å². The number of hydrogen-bond acceptors (Lipinski definition) is 4. The molecule has 2 N–H and O–H groups in total. The second-order valence-electron chi connectivity index (χ2n) is 8.71. The van der Waals surface area contributed by atoms with Crippen molar-refractivity contribution in [3.63, 3.8) is 0 Å². The normalized spacial score (nSPS) is 17.1. The number of nitrogens with zero attached hydrogens (tertiary/aromatic N) is 2. The fourth-order valence-electron chi connectivity index (χ4n) is 4.48. The molecular formula is C28H24ClFN4O2S. The van der Waals surface area contributed by atoms with E-state index in [0.29, 0.717) is 28.2 Å². The Hall–Kier alpha value is -3.75. The minimum absolute atomic E-state index is 0.0998. The molecular weight excluding hydrogens is 511 g/mol. The summed E-state index contributed by atoms with van der Waals surface area (Å²) < 4.78 is 20.3. The number of nitrogens with one attached hydrogen (secondary N) is 2. The Labute approximate surface area is 224 Å². The van der Waals surface area contributed by atoms with Crippen molar-refractivity contribution in [1.82, 2.24) is 15.2 Å². The van der Waals surface area contributed by atoms with Crippen LogP contribution >= 0.6 is 23.8 Å². The number of carbonyl (C=O) groups excluding carboxylic acids is 1. The van der Waals surface area contributed by atoms with Gasteiger partial charge >= 0.3 is 0 Å². The van der Waals surface area contributed by atoms with E-state index in [1.807, 2.05) is 60.4 Å². The van der Waals surface area contributed by atoms with Gasteiger partial charge in [0.15, 0.2) is 5.11 Å². The Bertz CT molecular complexity index is 1450. The van der Waals surface area contributed by atoms with E-state index >= 15 is 0 Å². The van der Waals surface area contributed by atoms with Crippen molar-refractivity contribution in [2.75, 3.05) is 11.9 Å². The fraction of sp³-hybridized carbons (Fsp3) is 0.179. The van der Waals surface area contributed by atoms with Gasteiger partial charge in [0.05, 0.1) is 17.4 Å². The van der Waals surface area contributed by atoms with Crippen LogP contribution in [0.4, 0.5) is 10.1 Å². The number of amides is 1. The molecule has 1 aliphatic heterocycles. The van der Waals surface area contributed by atoms with Crippen LogP contribution in [0.1, 0.15) is 35.5 Å². The quantitative estimate of drug-likeness (QED) is 0.266. The summed E-state index contributed by atoms with van der Waals surface area (Å²) in [5.74, 6) is 0.557. The molecule has 188 valence electrons. The average Bonchev–Trinajstić information content (AvgIpc) is 3.51. The van der Waals surface area contributed by atoms with Crippen molar-refractivity contribution in [2.45, 2.75) is 25.4 Å². The number of rotatable bonds is 7. The standard InChI is InChI=1S/C28H24ClFN4O2S/c1-17-18(7-6-8-19(17)29)23-12-13-24(36-23)27-26(22-11-4-5-15-31-22)33-28(37)34(27)16-14-25(35)32-21-10-3-2-9-20(21)30/h2-13,15,26-27H,14,16H2,1H3,(H,32,35)(H,33,37)/t26-,27-/m0/s1. The van der Waals surface area contributed by atoms with Crippen LogP contribution in [-0.4, -0.2) is 27.4 Å². The topological polar surface area (TPSA) is 70.4 Å². The maximum atomic E-state index is 14.0. The monoisotopic (exact) mass is 534 g/mol. The van der Waals surface area contributed by atoms with Gasteiger partial charge in [-0.3, -0.25) is 9.78 Å². The molecule has 0 bridgehead atoms. The zero-order valence-corrected chi connectivity index (χ0v) is 21.5. The van der Waals surface area contributed by atoms with Crippen molar-refractivity contribution >= 4 is 40.5 Å². The van der Waals surface area contributed by atoms with Crippen LogP contribution in [0.25, 0.3) is 11.3 Å². The SMILES string of the molecule is Cc1c(Cl)cccc1-c1ccc([C@H]2[C@H](c3ccccn3)NC(=S)N2CCC(=O)Nc2ccccc2F)o1. The van der Waals surface area contributed by atoms with Crippen LogP contribution in [0.15, 0.2) is 83.4 Å². The number of pyridine rings is 1. The van der Waals surface area contributed by atoms with Gasteiger partial charge in [-0.1, -0.05) is 41.9 Å². The lowest BCUT2D eigenvalue weighted by molar-refractivity contribution is -0.116. The minimum atomic E-state index is -0.485. The molecule has 0 spiro atoms. The van der Waals surface area contributed by atoms with Gasteiger partial charge in [0.1, 0.15) is 23.4 Å². The molecule has 0 radical (unpaired) electrons. The molecule has 4 aromatic rings. The zero-order valence-electron chi connectivity index (χ0n) is 19.9. The smallest absolute Gasteiger partial charge is 0.226 e. The summed E-state index contributed by atoms with van der Waals surface area (Å²) >= 11 is 12.0. The number of benzene rings is 2. The molecule has 2 aromatic carbocycles. The fourth-order valence-corrected chi connectivity index (χ4v) is 4.99. The lowest BCUT2D eigenvalue weighted by Gasteiger charge is -2.26. The van der Waals surface area contributed by atoms with E-state index in [-0.39, 0.29) is 30.1 Å². The largest absolute Gasteiger partial charge is 0.459 e. The van der Waals surface area contributed by atoms with Crippen LogP contribution in [0.2, 0.25) is 5.02 Å². The Morgan fingerprint density at radius 2 is 1.95 bits per heavy atom. The third-order valence-electron chi connectivity index (χ3n) is 6.38.